The highest BCUT2D eigenvalue weighted by atomic mass is 16.5. The van der Waals surface area contributed by atoms with Gasteiger partial charge in [-0.3, -0.25) is 0 Å². The van der Waals surface area contributed by atoms with E-state index in [0.29, 0.717) is 0 Å². The molecule has 1 unspecified atom stereocenters. The summed E-state index contributed by atoms with van der Waals surface area (Å²) in [5, 5.41) is 7.34. The van der Waals surface area contributed by atoms with Gasteiger partial charge in [0, 0.05) is 39.1 Å². The van der Waals surface area contributed by atoms with E-state index >= 15 is 0 Å². The fourth-order valence-corrected chi connectivity index (χ4v) is 10.8. The number of ether oxygens (including phenoxy) is 1. The summed E-state index contributed by atoms with van der Waals surface area (Å²) in [6.07, 6.45) is 0. The quantitative estimate of drug-likeness (QED) is 0.170. The Balaban J connectivity index is 0.957. The Morgan fingerprint density at radius 3 is 1.77 bits per heavy atom. The van der Waals surface area contributed by atoms with Gasteiger partial charge in [0.25, 0.3) is 0 Å². The number of benzene rings is 10. The van der Waals surface area contributed by atoms with Crippen molar-refractivity contribution in [1.82, 2.24) is 4.57 Å². The Bertz CT molecular complexity index is 3480. The van der Waals surface area contributed by atoms with Crippen LogP contribution < -0.4 is 4.74 Å². The third-order valence-corrected chi connectivity index (χ3v) is 13.6. The molecule has 0 radical (unpaired) electrons. The number of para-hydroxylation sites is 1. The summed E-state index contributed by atoms with van der Waals surface area (Å²) in [7, 11) is 0. The molecule has 13 rings (SSSR count). The molecule has 0 bridgehead atoms. The van der Waals surface area contributed by atoms with Crippen molar-refractivity contribution in [3.8, 4) is 61.7 Å². The second-order valence-corrected chi connectivity index (χ2v) is 16.8. The molecule has 11 aromatic rings. The summed E-state index contributed by atoms with van der Waals surface area (Å²) >= 11 is 0. The molecule has 1 aliphatic carbocycles. The maximum Gasteiger partial charge on any atom is 0.138 e. The van der Waals surface area contributed by atoms with E-state index in [9.17, 15) is 0 Å². The number of hydrogen-bond acceptors (Lipinski definition) is 1. The van der Waals surface area contributed by atoms with E-state index in [4.69, 9.17) is 4.74 Å². The predicted octanol–water partition coefficient (Wildman–Crippen LogP) is 16.1. The number of nitrogens with zero attached hydrogens (tertiary/aromatic N) is 1. The molecule has 10 aromatic carbocycles. The van der Waals surface area contributed by atoms with Crippen molar-refractivity contribution < 1.29 is 4.74 Å². The van der Waals surface area contributed by atoms with E-state index in [1.165, 1.54) is 99.2 Å². The lowest BCUT2D eigenvalue weighted by Crippen LogP contribution is -2.08. The number of aromatic nitrogens is 1. The van der Waals surface area contributed by atoms with Crippen LogP contribution in [-0.4, -0.2) is 4.57 Å². The van der Waals surface area contributed by atoms with Gasteiger partial charge in [-0.25, -0.2) is 0 Å². The molecule has 0 saturated heterocycles. The Hall–Kier alpha value is -7.68. The smallest absolute Gasteiger partial charge is 0.138 e. The van der Waals surface area contributed by atoms with Gasteiger partial charge in [0.1, 0.15) is 11.5 Å². The van der Waals surface area contributed by atoms with E-state index in [0.717, 1.165) is 22.6 Å². The van der Waals surface area contributed by atoms with Crippen molar-refractivity contribution in [1.29, 1.82) is 0 Å². The first kappa shape index (κ1) is 34.2. The lowest BCUT2D eigenvalue weighted by atomic mass is 9.80. The van der Waals surface area contributed by atoms with Crippen LogP contribution in [0.2, 0.25) is 0 Å². The van der Waals surface area contributed by atoms with E-state index in [2.05, 4.69) is 218 Å². The molecule has 2 nitrogen and oxygen atoms in total. The summed E-state index contributed by atoms with van der Waals surface area (Å²) in [5.41, 5.74) is 17.5. The summed E-state index contributed by atoms with van der Waals surface area (Å²) in [4.78, 5) is 0. The van der Waals surface area contributed by atoms with E-state index in [-0.39, 0.29) is 11.8 Å². The molecule has 0 saturated carbocycles. The van der Waals surface area contributed by atoms with Gasteiger partial charge in [-0.2, -0.15) is 0 Å². The highest BCUT2D eigenvalue weighted by Crippen LogP contribution is 2.55. The van der Waals surface area contributed by atoms with Gasteiger partial charge in [-0.15, -0.1) is 0 Å². The summed E-state index contributed by atoms with van der Waals surface area (Å²) in [6.45, 7) is 2.39. The Labute approximate surface area is 354 Å². The molecule has 286 valence electrons. The van der Waals surface area contributed by atoms with E-state index in [1.54, 1.807) is 0 Å². The van der Waals surface area contributed by atoms with Gasteiger partial charge in [0.05, 0.1) is 16.7 Å². The summed E-state index contributed by atoms with van der Waals surface area (Å²) < 4.78 is 9.58. The molecule has 1 aliphatic heterocycles. The van der Waals surface area contributed by atoms with Crippen molar-refractivity contribution in [3.05, 3.63) is 223 Å². The van der Waals surface area contributed by atoms with Crippen LogP contribution in [0.3, 0.4) is 0 Å². The first-order valence-corrected chi connectivity index (χ1v) is 21.4. The fraction of sp³-hybridized carbons (Fsp3) is 0.0508. The van der Waals surface area contributed by atoms with Crippen molar-refractivity contribution in [2.45, 2.75) is 18.8 Å². The Morgan fingerprint density at radius 1 is 0.410 bits per heavy atom. The average molecular weight is 778 g/mol. The Morgan fingerprint density at radius 2 is 1.03 bits per heavy atom. The van der Waals surface area contributed by atoms with Crippen molar-refractivity contribution in [3.63, 3.8) is 0 Å². The first-order chi connectivity index (χ1) is 30.2. The molecule has 1 aromatic heterocycles. The molecule has 2 aliphatic rings. The zero-order valence-corrected chi connectivity index (χ0v) is 33.6. The minimum atomic E-state index is 0.188. The van der Waals surface area contributed by atoms with Crippen LogP contribution >= 0.6 is 0 Å². The molecule has 0 fully saturated rings. The monoisotopic (exact) mass is 777 g/mol. The zero-order valence-electron chi connectivity index (χ0n) is 33.6. The molecule has 1 atom stereocenters. The van der Waals surface area contributed by atoms with Crippen LogP contribution in [0.5, 0.6) is 11.5 Å². The number of rotatable bonds is 5. The molecule has 0 spiro atoms. The standard InChI is InChI=1S/C59H39NO/c1-36(57-46-30-27-41(37-14-4-2-5-15-37)32-50(46)51-33-42(28-31-47(51)57)38-16-6-3-7-17-38)40-26-29-44-45-22-13-23-49-58-48-21-10-11-24-53(48)60(52-25-12-19-39-18-8-9-20-43(39)52)54(58)35-56(59(45)49)61-55(44)34-40/h2-36,57H,1H3. The summed E-state index contributed by atoms with van der Waals surface area (Å²) in [6, 6.07) is 75.8. The highest BCUT2D eigenvalue weighted by molar-refractivity contribution is 6.25. The highest BCUT2D eigenvalue weighted by Gasteiger charge is 2.35. The molecule has 0 N–H and O–H groups in total. The van der Waals surface area contributed by atoms with Crippen molar-refractivity contribution in [2.75, 3.05) is 0 Å². The normalized spacial score (nSPS) is 13.3. The lowest BCUT2D eigenvalue weighted by molar-refractivity contribution is 0.485. The van der Waals surface area contributed by atoms with Crippen LogP contribution in [0, 0.1) is 0 Å². The van der Waals surface area contributed by atoms with Gasteiger partial charge >= 0.3 is 0 Å². The van der Waals surface area contributed by atoms with Crippen LogP contribution in [0.15, 0.2) is 206 Å². The maximum atomic E-state index is 7.14. The lowest BCUT2D eigenvalue weighted by Gasteiger charge is -2.26. The van der Waals surface area contributed by atoms with Gasteiger partial charge in [0.15, 0.2) is 0 Å². The minimum absolute atomic E-state index is 0.188. The topological polar surface area (TPSA) is 14.2 Å². The van der Waals surface area contributed by atoms with Crippen LogP contribution in [0.1, 0.15) is 35.4 Å². The van der Waals surface area contributed by atoms with E-state index in [1.807, 2.05) is 0 Å². The molecule has 2 heterocycles. The molecular weight excluding hydrogens is 739 g/mol. The van der Waals surface area contributed by atoms with Crippen molar-refractivity contribution in [2.24, 2.45) is 0 Å². The van der Waals surface area contributed by atoms with Crippen LogP contribution in [-0.2, 0) is 0 Å². The van der Waals surface area contributed by atoms with Gasteiger partial charge < -0.3 is 9.30 Å². The fourth-order valence-electron chi connectivity index (χ4n) is 10.8. The summed E-state index contributed by atoms with van der Waals surface area (Å²) in [5.74, 6) is 2.19. The zero-order chi connectivity index (χ0) is 40.2. The molecule has 0 amide bonds. The first-order valence-electron chi connectivity index (χ1n) is 21.4. The third-order valence-electron chi connectivity index (χ3n) is 13.6. The molecular formula is C59H39NO. The van der Waals surface area contributed by atoms with Gasteiger partial charge in [0.2, 0.25) is 0 Å². The second-order valence-electron chi connectivity index (χ2n) is 16.8. The second kappa shape index (κ2) is 13.2. The third kappa shape index (κ3) is 5.09. The van der Waals surface area contributed by atoms with Crippen LogP contribution in [0.25, 0.3) is 93.5 Å². The van der Waals surface area contributed by atoms with Gasteiger partial charge in [-0.05, 0) is 103 Å². The minimum Gasteiger partial charge on any atom is -0.456 e. The Kier molecular flexibility index (Phi) is 7.38. The van der Waals surface area contributed by atoms with Crippen LogP contribution in [0.4, 0.5) is 0 Å². The molecule has 61 heavy (non-hydrogen) atoms. The van der Waals surface area contributed by atoms with Gasteiger partial charge in [-0.1, -0.05) is 177 Å². The van der Waals surface area contributed by atoms with Crippen molar-refractivity contribution >= 4 is 43.4 Å². The number of fused-ring (bicyclic) bond motifs is 10. The maximum absolute atomic E-state index is 7.14. The SMILES string of the molecule is CC(c1ccc2c(c1)Oc1cc3c(c4cccc-2c14)c1ccccc1n3-c1cccc2ccccc12)C1c2ccc(-c3ccccc3)cc2-c2cc(-c3ccccc3)ccc21. The predicted molar refractivity (Wildman–Crippen MR) is 254 cm³/mol. The molecule has 2 heteroatoms. The largest absolute Gasteiger partial charge is 0.456 e. The number of hydrogen-bond donors (Lipinski definition) is 0. The van der Waals surface area contributed by atoms with E-state index < -0.39 is 0 Å². The average Bonchev–Trinajstić information content (AvgIpc) is 3.83.